The monoisotopic (exact) mass is 2920 g/mol. The summed E-state index contributed by atoms with van der Waals surface area (Å²) >= 11 is 0. The Hall–Kier alpha value is -14.8. The molecule has 147 heavy (non-hydrogen) atoms. The van der Waals surface area contributed by atoms with Gasteiger partial charge in [-0.25, -0.2) is 0 Å². The molecule has 5 radical (unpaired) electrons. The first-order valence-electron chi connectivity index (χ1n) is 40.4. The molecule has 19 aromatic rings. The summed E-state index contributed by atoms with van der Waals surface area (Å²) in [5, 5.41) is 45.0. The first kappa shape index (κ1) is 123. The van der Waals surface area contributed by atoms with Crippen LogP contribution < -0.4 is 20.4 Å². The standard InChI is InChI=1S/C15H10N.C12H8F2N.3C11H6F2N.C10H4F6N3.C9H5F3N3.C9H5N4.C8H4F3N4.C5H8O2.5Ir/c1-2-6-12(7-3-1)15-10-13-8-4-5-9-14(13)11-16-15;1-8-4-5-15-12(6-8)10-3-2-9(13)7-11(10)14;3*12-8-4-5-9(10(13)7-8)11-3-1-2-6-14-11;11-9(12,13)6-7(5-3-1-2-4-17-5)18-19-8(6)10(14,15)16;10-9(11,12)8-5-7(14-15-8)6-3-1-2-4-13-6;10-6-7-5-9(13-12-7)8-3-1-2-4-11-8;9-8(10,11)7-13-6(14-15-7)5-3-1-2-4-12-5;1-4(6)3-5(2)7;;;;;/h1-6,8-11H;2,4-7H,1H3;3*1-4,6-7H;1-4H;1-5H;1-5H;1-4H;3,6H,1-2H3;;;;;/q9*-1;;;;;;. The Labute approximate surface area is 890 Å². The van der Waals surface area contributed by atoms with Crippen molar-refractivity contribution >= 4 is 16.6 Å². The van der Waals surface area contributed by atoms with Gasteiger partial charge in [0.2, 0.25) is 0 Å². The number of halogens is 20. The second-order valence-electron chi connectivity index (χ2n) is 28.0. The Bertz CT molecular complexity index is 7020. The van der Waals surface area contributed by atoms with Crippen LogP contribution in [-0.2, 0) is 130 Å². The number of pyridine rings is 9. The number of carbonyl (C=O) groups excluding carboxylic acids is 1. The number of alkyl halides is 12. The van der Waals surface area contributed by atoms with E-state index < -0.39 is 99.7 Å². The van der Waals surface area contributed by atoms with Crippen LogP contribution in [-0.4, -0.2) is 81.1 Å². The number of hydrogen-bond donors (Lipinski definition) is 1. The molecule has 0 aliphatic heterocycles. The molecule has 0 atom stereocenters. The number of aliphatic hydroxyl groups is 1. The van der Waals surface area contributed by atoms with Crippen LogP contribution in [0.4, 0.5) is 87.8 Å². The first-order valence-corrected chi connectivity index (χ1v) is 40.4. The van der Waals surface area contributed by atoms with Crippen molar-refractivity contribution < 1.29 is 198 Å². The molecule has 0 aliphatic rings. The van der Waals surface area contributed by atoms with Crippen LogP contribution in [0.5, 0.6) is 0 Å². The maximum Gasteiger partial charge on any atom is 0.432 e. The van der Waals surface area contributed by atoms with E-state index in [-0.39, 0.29) is 157 Å². The fourth-order valence-corrected chi connectivity index (χ4v) is 11.3. The number of carbonyl (C=O) groups is 1. The summed E-state index contributed by atoms with van der Waals surface area (Å²) in [5.41, 5.74) is 1.78. The molecule has 0 spiro atoms. The molecule has 0 fully saturated rings. The van der Waals surface area contributed by atoms with E-state index >= 15 is 0 Å². The minimum absolute atomic E-state index is 0. The third-order valence-corrected chi connectivity index (χ3v) is 17.5. The van der Waals surface area contributed by atoms with Gasteiger partial charge in [-0.1, -0.05) is 166 Å². The summed E-state index contributed by atoms with van der Waals surface area (Å²) in [4.78, 5) is 48.9. The molecule has 1 N–H and O–H groups in total. The van der Waals surface area contributed by atoms with Gasteiger partial charge < -0.3 is 70.7 Å². The number of benzene rings is 6. The molecule has 46 heteroatoms. The van der Waals surface area contributed by atoms with Gasteiger partial charge in [-0.3, -0.25) is 65.0 Å². The van der Waals surface area contributed by atoms with E-state index in [1.54, 1.807) is 128 Å². The normalized spacial score (nSPS) is 10.5. The van der Waals surface area contributed by atoms with Crippen LogP contribution in [0.25, 0.3) is 113 Å². The van der Waals surface area contributed by atoms with Crippen molar-refractivity contribution in [3.63, 3.8) is 0 Å². The summed E-state index contributed by atoms with van der Waals surface area (Å²) in [6.07, 6.45) is -4.42. The molecule has 0 amide bonds. The minimum Gasteiger partial charge on any atom is -0.573 e. The fourth-order valence-electron chi connectivity index (χ4n) is 11.3. The number of aliphatic hydroxyl groups excluding tert-OH is 1. The fraction of sp³-hybridized carbons (Fsp3) is 0.0693. The predicted molar refractivity (Wildman–Crippen MR) is 477 cm³/mol. The Morgan fingerprint density at radius 3 is 1.11 bits per heavy atom. The molecular formula is C101H62F20Ir5N19O2-9. The SMILES string of the molecule is CC(=O)C=C(C)O.Cc1ccnc(-c2[c-]cc(F)cc2F)c1.FC(F)(F)c1cc(-c2ccccn2)[n-]n1.FC(F)(F)c1n[n-]c(-c2ccccn2)c1C(F)(F)F.FC(F)(F)c1n[n-]c(-c2ccccn2)n1.Fc1c[c-]c(-c2ccccn2)c(F)c1.Fc1c[c-]c(-c2ccccn2)c(F)c1.Fc1c[c-]c(-c2ccccn2)c(F)c1.N#Cc1cc(-c2ccccn2)[n-]n1.[Ir].[Ir].[Ir].[Ir].[Ir].[c-]1ccccc1-c1cc2ccccc2cn1. The second kappa shape index (κ2) is 59.6. The molecule has 13 heterocycles. The maximum atomic E-state index is 13.4. The molecule has 0 bridgehead atoms. The van der Waals surface area contributed by atoms with Gasteiger partial charge in [0.15, 0.2) is 5.78 Å². The van der Waals surface area contributed by atoms with Crippen LogP contribution in [0.2, 0.25) is 0 Å². The summed E-state index contributed by atoms with van der Waals surface area (Å²) in [5.74, 6) is -6.57. The largest absolute Gasteiger partial charge is 0.573 e. The topological polar surface area (TPSA) is 298 Å². The van der Waals surface area contributed by atoms with E-state index in [0.717, 1.165) is 89.4 Å². The summed E-state index contributed by atoms with van der Waals surface area (Å²) in [6.45, 7) is 4.73. The van der Waals surface area contributed by atoms with Crippen molar-refractivity contribution in [1.29, 1.82) is 5.26 Å². The number of nitrogens with zero attached hydrogens (tertiary/aromatic N) is 19. The summed E-state index contributed by atoms with van der Waals surface area (Å²) in [6, 6.07) is 81.5. The molecule has 6 aromatic carbocycles. The van der Waals surface area contributed by atoms with Crippen molar-refractivity contribution in [3.05, 3.63) is 433 Å². The third-order valence-electron chi connectivity index (χ3n) is 17.5. The second-order valence-corrected chi connectivity index (χ2v) is 28.0. The Kier molecular flexibility index (Phi) is 49.8. The van der Waals surface area contributed by atoms with Gasteiger partial charge in [-0.2, -0.15) is 57.9 Å². The Balaban J connectivity index is 0.000000288. The number of rotatable bonds is 10. The van der Waals surface area contributed by atoms with Gasteiger partial charge in [0.05, 0.1) is 17.0 Å². The molecule has 19 rings (SSSR count). The van der Waals surface area contributed by atoms with Gasteiger partial charge in [0, 0.05) is 226 Å². The molecule has 767 valence electrons. The van der Waals surface area contributed by atoms with Gasteiger partial charge in [0.25, 0.3) is 0 Å². The quantitative estimate of drug-likeness (QED) is 0.0575. The number of hydrogen-bond acceptors (Lipinski definition) is 17. The van der Waals surface area contributed by atoms with Crippen LogP contribution in [0, 0.1) is 95.1 Å². The number of allylic oxidation sites excluding steroid dienone is 2. The van der Waals surface area contributed by atoms with E-state index in [2.05, 4.69) is 139 Å². The van der Waals surface area contributed by atoms with Crippen molar-refractivity contribution in [3.8, 4) is 108 Å². The van der Waals surface area contributed by atoms with Crippen LogP contribution in [0.3, 0.4) is 0 Å². The van der Waals surface area contributed by atoms with Crippen molar-refractivity contribution in [1.82, 2.24) is 90.6 Å². The first-order chi connectivity index (χ1) is 67.8. The predicted octanol–water partition coefficient (Wildman–Crippen LogP) is 24.1. The number of nitriles is 1. The zero-order valence-corrected chi connectivity index (χ0v) is 86.6. The molecule has 13 aromatic heterocycles. The Morgan fingerprint density at radius 1 is 0.367 bits per heavy atom. The maximum absolute atomic E-state index is 13.4. The van der Waals surface area contributed by atoms with E-state index in [0.29, 0.717) is 39.9 Å². The van der Waals surface area contributed by atoms with Crippen molar-refractivity contribution in [2.45, 2.75) is 45.5 Å². The molecule has 21 nitrogen and oxygen atoms in total. The smallest absolute Gasteiger partial charge is 0.432 e. The molecule has 0 saturated carbocycles. The van der Waals surface area contributed by atoms with Crippen molar-refractivity contribution in [2.24, 2.45) is 0 Å². The number of aryl methyl sites for hydroxylation is 1. The van der Waals surface area contributed by atoms with E-state index in [4.69, 9.17) is 10.4 Å². The average molecular weight is 2910 g/mol. The van der Waals surface area contributed by atoms with Crippen molar-refractivity contribution in [2.75, 3.05) is 0 Å². The zero-order chi connectivity index (χ0) is 103. The Morgan fingerprint density at radius 2 is 0.762 bits per heavy atom. The van der Waals surface area contributed by atoms with E-state index in [1.165, 1.54) is 61.3 Å². The van der Waals surface area contributed by atoms with Crippen LogP contribution in [0.15, 0.2) is 322 Å². The third kappa shape index (κ3) is 39.0. The molecule has 0 saturated heterocycles. The summed E-state index contributed by atoms with van der Waals surface area (Å²) in [7, 11) is 0. The molecule has 0 unspecified atom stereocenters. The molecular weight excluding hydrogens is 2850 g/mol. The number of fused-ring (bicyclic) bond motifs is 1. The van der Waals surface area contributed by atoms with Crippen LogP contribution >= 0.6 is 0 Å². The van der Waals surface area contributed by atoms with E-state index in [1.807, 2.05) is 79.9 Å². The molecule has 0 aliphatic carbocycles. The van der Waals surface area contributed by atoms with Gasteiger partial charge in [0.1, 0.15) is 29.0 Å². The van der Waals surface area contributed by atoms with Gasteiger partial charge in [-0.15, -0.1) is 84.4 Å². The van der Waals surface area contributed by atoms with E-state index in [9.17, 15) is 92.6 Å². The minimum atomic E-state index is -5.23. The van der Waals surface area contributed by atoms with Gasteiger partial charge >= 0.3 is 24.7 Å². The zero-order valence-electron chi connectivity index (χ0n) is 74.6. The van der Waals surface area contributed by atoms with Gasteiger partial charge in [-0.05, 0) is 151 Å². The average Bonchev–Trinajstić information content (AvgIpc) is 1.62. The summed E-state index contributed by atoms with van der Waals surface area (Å²) < 4.78 is 252. The number of aromatic nitrogens is 18. The van der Waals surface area contributed by atoms with Crippen LogP contribution in [0.1, 0.15) is 47.9 Å². The number of ketones is 1.